The maximum Gasteiger partial charge on any atom is 0.319 e. The third kappa shape index (κ3) is 3.52. The van der Waals surface area contributed by atoms with Crippen molar-refractivity contribution < 1.29 is 9.53 Å². The van der Waals surface area contributed by atoms with E-state index in [9.17, 15) is 4.79 Å². The average molecular weight is 216 g/mol. The molecular formula is C11H20O2S. The molecule has 0 heterocycles. The van der Waals surface area contributed by atoms with Gasteiger partial charge >= 0.3 is 5.97 Å². The number of carbonyl (C=O) groups excluding carboxylic acids is 1. The quantitative estimate of drug-likeness (QED) is 0.565. The fraction of sp³-hybridized carbons (Fsp3) is 0.909. The first-order valence-electron chi connectivity index (χ1n) is 5.46. The van der Waals surface area contributed by atoms with Gasteiger partial charge in [0.15, 0.2) is 0 Å². The molecule has 2 nitrogen and oxygen atoms in total. The Morgan fingerprint density at radius 3 is 2.57 bits per heavy atom. The molecule has 1 rings (SSSR count). The van der Waals surface area contributed by atoms with Crippen molar-refractivity contribution in [3.8, 4) is 0 Å². The Bertz CT molecular complexity index is 188. The zero-order valence-electron chi connectivity index (χ0n) is 9.03. The third-order valence-electron chi connectivity index (χ3n) is 2.87. The Morgan fingerprint density at radius 2 is 2.14 bits per heavy atom. The fourth-order valence-corrected chi connectivity index (χ4v) is 1.54. The Balaban J connectivity index is 2.07. The summed E-state index contributed by atoms with van der Waals surface area (Å²) in [6.45, 7) is 4.53. The van der Waals surface area contributed by atoms with E-state index in [1.165, 1.54) is 19.3 Å². The second kappa shape index (κ2) is 5.64. The predicted molar refractivity (Wildman–Crippen MR) is 60.5 cm³/mol. The molecule has 0 radical (unpaired) electrons. The van der Waals surface area contributed by atoms with Crippen LogP contribution in [0.2, 0.25) is 0 Å². The minimum Gasteiger partial charge on any atom is -0.465 e. The molecule has 0 N–H and O–H groups in total. The van der Waals surface area contributed by atoms with Gasteiger partial charge in [0.25, 0.3) is 0 Å². The van der Waals surface area contributed by atoms with E-state index in [0.29, 0.717) is 6.61 Å². The van der Waals surface area contributed by atoms with Crippen molar-refractivity contribution in [1.82, 2.24) is 0 Å². The topological polar surface area (TPSA) is 26.3 Å². The lowest BCUT2D eigenvalue weighted by Crippen LogP contribution is -2.24. The van der Waals surface area contributed by atoms with Crippen LogP contribution in [0.15, 0.2) is 0 Å². The van der Waals surface area contributed by atoms with Gasteiger partial charge in [-0.1, -0.05) is 33.1 Å². The van der Waals surface area contributed by atoms with E-state index in [2.05, 4.69) is 12.6 Å². The Hall–Kier alpha value is -0.180. The number of ether oxygens (including phenoxy) is 1. The summed E-state index contributed by atoms with van der Waals surface area (Å²) < 4.78 is 5.16. The molecule has 0 aromatic heterocycles. The molecule has 1 aliphatic carbocycles. The molecule has 1 unspecified atom stereocenters. The molecule has 14 heavy (non-hydrogen) atoms. The SMILES string of the molecule is CC(C)C(S)C(=O)OCCC1CCC1. The minimum absolute atomic E-state index is 0.164. The highest BCUT2D eigenvalue weighted by Gasteiger charge is 2.21. The van der Waals surface area contributed by atoms with Crippen LogP contribution in [-0.2, 0) is 9.53 Å². The van der Waals surface area contributed by atoms with Crippen LogP contribution in [0.25, 0.3) is 0 Å². The predicted octanol–water partition coefficient (Wildman–Crippen LogP) is 2.67. The van der Waals surface area contributed by atoms with E-state index >= 15 is 0 Å². The van der Waals surface area contributed by atoms with Crippen molar-refractivity contribution in [3.05, 3.63) is 0 Å². The van der Waals surface area contributed by atoms with Crippen LogP contribution >= 0.6 is 12.6 Å². The summed E-state index contributed by atoms with van der Waals surface area (Å²) in [6, 6.07) is 0. The van der Waals surface area contributed by atoms with Crippen molar-refractivity contribution in [3.63, 3.8) is 0 Å². The summed E-state index contributed by atoms with van der Waals surface area (Å²) in [5.74, 6) is 0.886. The van der Waals surface area contributed by atoms with Crippen LogP contribution in [0, 0.1) is 11.8 Å². The number of hydrogen-bond donors (Lipinski definition) is 1. The first kappa shape index (κ1) is 11.9. The van der Waals surface area contributed by atoms with Gasteiger partial charge in [-0.3, -0.25) is 4.79 Å². The van der Waals surface area contributed by atoms with Gasteiger partial charge in [-0.05, 0) is 18.3 Å². The molecule has 0 aromatic carbocycles. The number of carbonyl (C=O) groups is 1. The van der Waals surface area contributed by atoms with Gasteiger partial charge in [0.05, 0.1) is 6.61 Å². The van der Waals surface area contributed by atoms with E-state index in [1.807, 2.05) is 13.8 Å². The van der Waals surface area contributed by atoms with Crippen molar-refractivity contribution >= 4 is 18.6 Å². The van der Waals surface area contributed by atoms with Crippen LogP contribution in [-0.4, -0.2) is 17.8 Å². The molecule has 1 atom stereocenters. The van der Waals surface area contributed by atoms with E-state index in [1.54, 1.807) is 0 Å². The lowest BCUT2D eigenvalue weighted by atomic mass is 9.83. The smallest absolute Gasteiger partial charge is 0.319 e. The molecule has 3 heteroatoms. The standard InChI is InChI=1S/C11H20O2S/c1-8(2)10(14)11(12)13-7-6-9-4-3-5-9/h8-10,14H,3-7H2,1-2H3. The largest absolute Gasteiger partial charge is 0.465 e. The highest BCUT2D eigenvalue weighted by atomic mass is 32.1. The lowest BCUT2D eigenvalue weighted by molar-refractivity contribution is -0.144. The molecule has 82 valence electrons. The van der Waals surface area contributed by atoms with Gasteiger partial charge in [0.1, 0.15) is 5.25 Å². The maximum atomic E-state index is 11.4. The van der Waals surface area contributed by atoms with Crippen molar-refractivity contribution in [2.75, 3.05) is 6.61 Å². The summed E-state index contributed by atoms with van der Waals surface area (Å²) in [5.41, 5.74) is 0. The monoisotopic (exact) mass is 216 g/mol. The Morgan fingerprint density at radius 1 is 1.50 bits per heavy atom. The van der Waals surface area contributed by atoms with Gasteiger partial charge < -0.3 is 4.74 Å². The maximum absolute atomic E-state index is 11.4. The number of esters is 1. The van der Waals surface area contributed by atoms with Crippen molar-refractivity contribution in [2.24, 2.45) is 11.8 Å². The Labute approximate surface area is 91.8 Å². The summed E-state index contributed by atoms with van der Waals surface area (Å²) in [6.07, 6.45) is 5.00. The first-order valence-corrected chi connectivity index (χ1v) is 5.97. The van der Waals surface area contributed by atoms with Crippen LogP contribution in [0.3, 0.4) is 0 Å². The van der Waals surface area contributed by atoms with Gasteiger partial charge in [0, 0.05) is 0 Å². The molecule has 0 saturated heterocycles. The van der Waals surface area contributed by atoms with Gasteiger partial charge in [-0.25, -0.2) is 0 Å². The van der Waals surface area contributed by atoms with Crippen LogP contribution < -0.4 is 0 Å². The number of thiol groups is 1. The van der Waals surface area contributed by atoms with E-state index < -0.39 is 0 Å². The van der Waals surface area contributed by atoms with E-state index in [4.69, 9.17) is 4.74 Å². The minimum atomic E-state index is -0.267. The molecule has 0 amide bonds. The molecular weight excluding hydrogens is 196 g/mol. The lowest BCUT2D eigenvalue weighted by Gasteiger charge is -2.25. The molecule has 0 aromatic rings. The summed E-state index contributed by atoms with van der Waals surface area (Å²) in [5, 5.41) is -0.267. The molecule has 0 aliphatic heterocycles. The highest BCUT2D eigenvalue weighted by Crippen LogP contribution is 2.29. The number of hydrogen-bond acceptors (Lipinski definition) is 3. The highest BCUT2D eigenvalue weighted by molar-refractivity contribution is 7.81. The van der Waals surface area contributed by atoms with Crippen molar-refractivity contribution in [2.45, 2.75) is 44.8 Å². The molecule has 0 bridgehead atoms. The van der Waals surface area contributed by atoms with Crippen LogP contribution in [0.1, 0.15) is 39.5 Å². The summed E-state index contributed by atoms with van der Waals surface area (Å²) >= 11 is 4.21. The molecule has 0 spiro atoms. The zero-order valence-corrected chi connectivity index (χ0v) is 9.93. The van der Waals surface area contributed by atoms with Crippen LogP contribution in [0.4, 0.5) is 0 Å². The third-order valence-corrected chi connectivity index (χ3v) is 3.68. The fourth-order valence-electron chi connectivity index (χ4n) is 1.47. The van der Waals surface area contributed by atoms with Gasteiger partial charge in [-0.15, -0.1) is 0 Å². The summed E-state index contributed by atoms with van der Waals surface area (Å²) in [7, 11) is 0. The van der Waals surface area contributed by atoms with E-state index in [0.717, 1.165) is 12.3 Å². The van der Waals surface area contributed by atoms with E-state index in [-0.39, 0.29) is 17.1 Å². The average Bonchev–Trinajstić information content (AvgIpc) is 2.07. The zero-order chi connectivity index (χ0) is 10.6. The number of rotatable bonds is 5. The second-order valence-corrected chi connectivity index (χ2v) is 5.00. The Kier molecular flexibility index (Phi) is 4.79. The van der Waals surface area contributed by atoms with Gasteiger partial charge in [-0.2, -0.15) is 12.6 Å². The van der Waals surface area contributed by atoms with Crippen molar-refractivity contribution in [1.29, 1.82) is 0 Å². The normalized spacial score (nSPS) is 19.1. The molecule has 1 saturated carbocycles. The second-order valence-electron chi connectivity index (χ2n) is 4.44. The van der Waals surface area contributed by atoms with Gasteiger partial charge in [0.2, 0.25) is 0 Å². The molecule has 1 aliphatic rings. The molecule has 1 fully saturated rings. The first-order chi connectivity index (χ1) is 6.61. The van der Waals surface area contributed by atoms with Crippen LogP contribution in [0.5, 0.6) is 0 Å². The summed E-state index contributed by atoms with van der Waals surface area (Å²) in [4.78, 5) is 11.4.